The number of carbonyl (C=O) groups excluding carboxylic acids is 2. The van der Waals surface area contributed by atoms with Crippen molar-refractivity contribution in [1.29, 1.82) is 0 Å². The SMILES string of the molecule is O=C(NCCC(=O)N1CCN(S(=O)(=O)c2c(Cl)cccc2Cl)CC1)c1ccsc1. The summed E-state index contributed by atoms with van der Waals surface area (Å²) in [7, 11) is -3.85. The van der Waals surface area contributed by atoms with Gasteiger partial charge in [-0.25, -0.2) is 8.42 Å². The number of thiophene rings is 1. The van der Waals surface area contributed by atoms with Crippen LogP contribution in [0.5, 0.6) is 0 Å². The molecule has 0 spiro atoms. The van der Waals surface area contributed by atoms with E-state index in [2.05, 4.69) is 5.32 Å². The van der Waals surface area contributed by atoms with Crippen LogP contribution in [0, 0.1) is 0 Å². The van der Waals surface area contributed by atoms with E-state index in [-0.39, 0.29) is 65.9 Å². The average molecular weight is 476 g/mol. The molecule has 1 saturated heterocycles. The van der Waals surface area contributed by atoms with Crippen molar-refractivity contribution in [3.8, 4) is 0 Å². The highest BCUT2D eigenvalue weighted by Crippen LogP contribution is 2.31. The van der Waals surface area contributed by atoms with E-state index >= 15 is 0 Å². The first kappa shape index (κ1) is 22.0. The monoisotopic (exact) mass is 475 g/mol. The molecule has 1 aliphatic heterocycles. The molecule has 2 aromatic rings. The van der Waals surface area contributed by atoms with Crippen LogP contribution in [0.3, 0.4) is 0 Å². The van der Waals surface area contributed by atoms with E-state index in [9.17, 15) is 18.0 Å². The van der Waals surface area contributed by atoms with Gasteiger partial charge in [0, 0.05) is 50.1 Å². The Morgan fingerprint density at radius 2 is 1.72 bits per heavy atom. The standard InChI is InChI=1S/C18H19Cl2N3O4S2/c19-14-2-1-3-15(20)17(14)29(26,27)23-9-7-22(8-10-23)16(24)4-6-21-18(25)13-5-11-28-12-13/h1-3,5,11-12H,4,6-10H2,(H,21,25). The van der Waals surface area contributed by atoms with Crippen LogP contribution in [-0.4, -0.2) is 62.2 Å². The number of rotatable bonds is 6. The summed E-state index contributed by atoms with van der Waals surface area (Å²) in [6, 6.07) is 6.25. The first-order valence-electron chi connectivity index (χ1n) is 8.83. The number of hydrogen-bond donors (Lipinski definition) is 1. The molecule has 0 bridgehead atoms. The fourth-order valence-electron chi connectivity index (χ4n) is 2.97. The number of halogens is 2. The summed E-state index contributed by atoms with van der Waals surface area (Å²) >= 11 is 13.5. The first-order chi connectivity index (χ1) is 13.8. The number of benzene rings is 1. The second-order valence-corrected chi connectivity index (χ2v) is 9.82. The molecule has 0 saturated carbocycles. The highest BCUT2D eigenvalue weighted by molar-refractivity contribution is 7.89. The van der Waals surface area contributed by atoms with Gasteiger partial charge in [0.05, 0.1) is 10.0 Å². The summed E-state index contributed by atoms with van der Waals surface area (Å²) in [5.74, 6) is -0.352. The molecule has 1 fully saturated rings. The third-order valence-corrected chi connectivity index (χ3v) is 8.05. The van der Waals surface area contributed by atoms with E-state index in [0.717, 1.165) is 0 Å². The summed E-state index contributed by atoms with van der Waals surface area (Å²) in [6.45, 7) is 1.05. The molecule has 3 rings (SSSR count). The van der Waals surface area contributed by atoms with Crippen LogP contribution < -0.4 is 5.32 Å². The summed E-state index contributed by atoms with van der Waals surface area (Å²) in [4.78, 5) is 25.7. The minimum Gasteiger partial charge on any atom is -0.351 e. The molecule has 0 aliphatic carbocycles. The third-order valence-electron chi connectivity index (χ3n) is 4.52. The van der Waals surface area contributed by atoms with Gasteiger partial charge in [-0.15, -0.1) is 0 Å². The van der Waals surface area contributed by atoms with Gasteiger partial charge in [-0.1, -0.05) is 29.3 Å². The number of hydrogen-bond acceptors (Lipinski definition) is 5. The second kappa shape index (κ2) is 9.44. The summed E-state index contributed by atoms with van der Waals surface area (Å²) < 4.78 is 27.0. The Hall–Kier alpha value is -1.65. The van der Waals surface area contributed by atoms with Gasteiger partial charge >= 0.3 is 0 Å². The maximum atomic E-state index is 12.9. The molecule has 1 aliphatic rings. The van der Waals surface area contributed by atoms with Crippen molar-refractivity contribution in [2.45, 2.75) is 11.3 Å². The lowest BCUT2D eigenvalue weighted by molar-refractivity contribution is -0.132. The summed E-state index contributed by atoms with van der Waals surface area (Å²) in [6.07, 6.45) is 0.152. The molecule has 2 amide bonds. The topological polar surface area (TPSA) is 86.8 Å². The number of nitrogens with zero attached hydrogens (tertiary/aromatic N) is 2. The van der Waals surface area contributed by atoms with Gasteiger partial charge < -0.3 is 10.2 Å². The van der Waals surface area contributed by atoms with Crippen molar-refractivity contribution < 1.29 is 18.0 Å². The van der Waals surface area contributed by atoms with E-state index in [4.69, 9.17) is 23.2 Å². The fraction of sp³-hybridized carbons (Fsp3) is 0.333. The molecule has 0 unspecified atom stereocenters. The minimum absolute atomic E-state index is 0.0670. The Morgan fingerprint density at radius 3 is 2.31 bits per heavy atom. The number of piperazine rings is 1. The van der Waals surface area contributed by atoms with Crippen LogP contribution in [0.25, 0.3) is 0 Å². The molecule has 1 N–H and O–H groups in total. The highest BCUT2D eigenvalue weighted by Gasteiger charge is 2.32. The van der Waals surface area contributed by atoms with Gasteiger partial charge in [-0.2, -0.15) is 15.6 Å². The Bertz CT molecular complexity index is 968. The molecule has 0 atom stereocenters. The van der Waals surface area contributed by atoms with E-state index in [1.54, 1.807) is 22.4 Å². The molecule has 29 heavy (non-hydrogen) atoms. The fourth-order valence-corrected chi connectivity index (χ4v) is 6.12. The molecule has 2 heterocycles. The van der Waals surface area contributed by atoms with Crippen LogP contribution >= 0.6 is 34.5 Å². The number of sulfonamides is 1. The van der Waals surface area contributed by atoms with Crippen molar-refractivity contribution in [3.63, 3.8) is 0 Å². The second-order valence-electron chi connectivity index (χ2n) is 6.35. The van der Waals surface area contributed by atoms with Gasteiger partial charge in [-0.3, -0.25) is 9.59 Å². The van der Waals surface area contributed by atoms with E-state index < -0.39 is 10.0 Å². The Labute approximate surface area is 183 Å². The van der Waals surface area contributed by atoms with Crippen molar-refractivity contribution in [3.05, 3.63) is 50.6 Å². The van der Waals surface area contributed by atoms with Crippen molar-refractivity contribution in [1.82, 2.24) is 14.5 Å². The lowest BCUT2D eigenvalue weighted by atomic mass is 10.3. The molecule has 11 heteroatoms. The van der Waals surface area contributed by atoms with E-state index in [1.807, 2.05) is 5.38 Å². The lowest BCUT2D eigenvalue weighted by Gasteiger charge is -2.34. The van der Waals surface area contributed by atoms with Crippen LogP contribution in [0.2, 0.25) is 10.0 Å². The molecule has 156 valence electrons. The molecular weight excluding hydrogens is 457 g/mol. The molecule has 1 aromatic heterocycles. The van der Waals surface area contributed by atoms with Crippen LogP contribution in [0.4, 0.5) is 0 Å². The molecule has 7 nitrogen and oxygen atoms in total. The molecule has 1 aromatic carbocycles. The van der Waals surface area contributed by atoms with Gasteiger partial charge in [-0.05, 0) is 23.6 Å². The number of carbonyl (C=O) groups is 2. The maximum Gasteiger partial charge on any atom is 0.252 e. The van der Waals surface area contributed by atoms with Crippen LogP contribution in [-0.2, 0) is 14.8 Å². The van der Waals surface area contributed by atoms with Crippen molar-refractivity contribution in [2.75, 3.05) is 32.7 Å². The Balaban J connectivity index is 1.52. The zero-order valence-corrected chi connectivity index (χ0v) is 18.5. The van der Waals surface area contributed by atoms with E-state index in [1.165, 1.54) is 27.8 Å². The zero-order valence-electron chi connectivity index (χ0n) is 15.3. The number of nitrogens with one attached hydrogen (secondary N) is 1. The summed E-state index contributed by atoms with van der Waals surface area (Å²) in [5, 5.41) is 6.39. The lowest BCUT2D eigenvalue weighted by Crippen LogP contribution is -2.51. The third kappa shape index (κ3) is 5.10. The van der Waals surface area contributed by atoms with Crippen LogP contribution in [0.1, 0.15) is 16.8 Å². The Morgan fingerprint density at radius 1 is 1.07 bits per heavy atom. The average Bonchev–Trinajstić information content (AvgIpc) is 3.22. The predicted octanol–water partition coefficient (Wildman–Crippen LogP) is 2.71. The van der Waals surface area contributed by atoms with Gasteiger partial charge in [0.15, 0.2) is 0 Å². The van der Waals surface area contributed by atoms with Gasteiger partial charge in [0.2, 0.25) is 15.9 Å². The zero-order chi connectivity index (χ0) is 21.0. The molecular formula is C18H19Cl2N3O4S2. The quantitative estimate of drug-likeness (QED) is 0.695. The largest absolute Gasteiger partial charge is 0.351 e. The van der Waals surface area contributed by atoms with E-state index in [0.29, 0.717) is 5.56 Å². The highest BCUT2D eigenvalue weighted by atomic mass is 35.5. The summed E-state index contributed by atoms with van der Waals surface area (Å²) in [5.41, 5.74) is 0.569. The van der Waals surface area contributed by atoms with Crippen molar-refractivity contribution in [2.24, 2.45) is 0 Å². The normalized spacial score (nSPS) is 15.3. The minimum atomic E-state index is -3.85. The number of amides is 2. The molecule has 0 radical (unpaired) electrons. The smallest absolute Gasteiger partial charge is 0.252 e. The van der Waals surface area contributed by atoms with Gasteiger partial charge in [0.25, 0.3) is 5.91 Å². The first-order valence-corrected chi connectivity index (χ1v) is 12.0. The van der Waals surface area contributed by atoms with Crippen molar-refractivity contribution >= 4 is 56.4 Å². The van der Waals surface area contributed by atoms with Gasteiger partial charge in [0.1, 0.15) is 4.90 Å². The van der Waals surface area contributed by atoms with Crippen LogP contribution in [0.15, 0.2) is 39.9 Å². The maximum absolute atomic E-state index is 12.9. The predicted molar refractivity (Wildman–Crippen MR) is 113 cm³/mol. The Kier molecular flexibility index (Phi) is 7.18.